The molecule has 1 aliphatic carbocycles. The largest absolute Gasteiger partial charge is 0.367 e. The zero-order valence-electron chi connectivity index (χ0n) is 12.7. The third kappa shape index (κ3) is 4.42. The zero-order chi connectivity index (χ0) is 14.5. The second kappa shape index (κ2) is 7.23. The molecule has 0 spiro atoms. The Hall–Kier alpha value is -1.13. The van der Waals surface area contributed by atoms with Crippen molar-refractivity contribution in [1.29, 1.82) is 0 Å². The molecule has 1 aromatic rings. The number of benzene rings is 1. The Bertz CT molecular complexity index is 439. The summed E-state index contributed by atoms with van der Waals surface area (Å²) in [6.07, 6.45) is 5.28. The zero-order valence-corrected chi connectivity index (χ0v) is 12.7. The molecule has 3 rings (SSSR count). The number of unbranched alkanes of at least 4 members (excludes halogenated alkanes) is 1. The van der Waals surface area contributed by atoms with E-state index in [0.29, 0.717) is 0 Å². The molecule has 116 valence electrons. The normalized spacial score (nSPS) is 20.0. The fourth-order valence-electron chi connectivity index (χ4n) is 2.97. The van der Waals surface area contributed by atoms with E-state index in [4.69, 9.17) is 0 Å². The molecule has 1 saturated heterocycles. The molecule has 2 fully saturated rings. The van der Waals surface area contributed by atoms with Crippen molar-refractivity contribution in [3.8, 4) is 0 Å². The molecule has 0 radical (unpaired) electrons. The van der Waals surface area contributed by atoms with Gasteiger partial charge < -0.3 is 10.2 Å². The van der Waals surface area contributed by atoms with Gasteiger partial charge in [-0.15, -0.1) is 0 Å². The molecule has 0 bridgehead atoms. The van der Waals surface area contributed by atoms with Crippen molar-refractivity contribution < 1.29 is 4.39 Å². The van der Waals surface area contributed by atoms with Crippen LogP contribution in [-0.4, -0.2) is 50.2 Å². The van der Waals surface area contributed by atoms with Crippen LogP contribution >= 0.6 is 0 Å². The summed E-state index contributed by atoms with van der Waals surface area (Å²) in [5, 5.41) is 3.56. The lowest BCUT2D eigenvalue weighted by Gasteiger charge is -2.36. The Morgan fingerprint density at radius 3 is 2.52 bits per heavy atom. The Kier molecular flexibility index (Phi) is 5.09. The van der Waals surface area contributed by atoms with E-state index in [2.05, 4.69) is 15.1 Å². The van der Waals surface area contributed by atoms with Gasteiger partial charge in [0.15, 0.2) is 0 Å². The van der Waals surface area contributed by atoms with Crippen LogP contribution in [-0.2, 0) is 0 Å². The van der Waals surface area contributed by atoms with E-state index >= 15 is 0 Å². The van der Waals surface area contributed by atoms with Gasteiger partial charge >= 0.3 is 0 Å². The van der Waals surface area contributed by atoms with Crippen LogP contribution in [0, 0.1) is 5.82 Å². The van der Waals surface area contributed by atoms with E-state index < -0.39 is 0 Å². The highest BCUT2D eigenvalue weighted by Gasteiger charge is 2.20. The van der Waals surface area contributed by atoms with Crippen molar-refractivity contribution >= 4 is 5.69 Å². The Labute approximate surface area is 127 Å². The van der Waals surface area contributed by atoms with Crippen LogP contribution < -0.4 is 10.2 Å². The molecule has 0 amide bonds. The fraction of sp³-hybridized carbons (Fsp3) is 0.647. The number of halogens is 1. The molecule has 21 heavy (non-hydrogen) atoms. The Morgan fingerprint density at radius 1 is 1.05 bits per heavy atom. The summed E-state index contributed by atoms with van der Waals surface area (Å²) in [6.45, 7) is 6.30. The number of nitrogens with zero attached hydrogens (tertiary/aromatic N) is 2. The Morgan fingerprint density at radius 2 is 1.81 bits per heavy atom. The minimum Gasteiger partial charge on any atom is -0.367 e. The van der Waals surface area contributed by atoms with Gasteiger partial charge in [-0.3, -0.25) is 4.90 Å². The third-order valence-electron chi connectivity index (χ3n) is 4.48. The molecule has 1 aliphatic heterocycles. The maximum atomic E-state index is 13.8. The SMILES string of the molecule is Fc1ccccc1N1CCN(CCCCNC2CC2)CC1. The molecule has 2 aliphatic rings. The van der Waals surface area contributed by atoms with Gasteiger partial charge in [-0.25, -0.2) is 4.39 Å². The summed E-state index contributed by atoms with van der Waals surface area (Å²) < 4.78 is 13.8. The molecule has 4 heteroatoms. The second-order valence-corrected chi connectivity index (χ2v) is 6.22. The summed E-state index contributed by atoms with van der Waals surface area (Å²) in [7, 11) is 0. The van der Waals surface area contributed by atoms with Crippen LogP contribution in [0.25, 0.3) is 0 Å². The molecule has 1 heterocycles. The van der Waals surface area contributed by atoms with E-state index in [1.54, 1.807) is 12.1 Å². The van der Waals surface area contributed by atoms with Crippen molar-refractivity contribution in [2.45, 2.75) is 31.7 Å². The van der Waals surface area contributed by atoms with Gasteiger partial charge in [-0.2, -0.15) is 0 Å². The number of hydrogen-bond acceptors (Lipinski definition) is 3. The summed E-state index contributed by atoms with van der Waals surface area (Å²) >= 11 is 0. The van der Waals surface area contributed by atoms with Crippen LogP contribution in [0.15, 0.2) is 24.3 Å². The summed E-state index contributed by atoms with van der Waals surface area (Å²) in [6, 6.07) is 7.93. The number of anilines is 1. The van der Waals surface area contributed by atoms with Crippen molar-refractivity contribution in [3.63, 3.8) is 0 Å². The maximum Gasteiger partial charge on any atom is 0.146 e. The maximum absolute atomic E-state index is 13.8. The van der Waals surface area contributed by atoms with Gasteiger partial charge in [-0.05, 0) is 50.9 Å². The van der Waals surface area contributed by atoms with Crippen LogP contribution in [0.4, 0.5) is 10.1 Å². The van der Waals surface area contributed by atoms with Crippen LogP contribution in [0.5, 0.6) is 0 Å². The summed E-state index contributed by atoms with van der Waals surface area (Å²) in [5.41, 5.74) is 0.755. The lowest BCUT2D eigenvalue weighted by molar-refractivity contribution is 0.252. The molecular formula is C17H26FN3. The molecule has 1 saturated carbocycles. The number of hydrogen-bond donors (Lipinski definition) is 1. The average Bonchev–Trinajstić information content (AvgIpc) is 3.33. The molecule has 1 aromatic carbocycles. The molecular weight excluding hydrogens is 265 g/mol. The predicted octanol–water partition coefficient (Wildman–Crippen LogP) is 2.48. The second-order valence-electron chi connectivity index (χ2n) is 6.22. The van der Waals surface area contributed by atoms with Gasteiger partial charge in [-0.1, -0.05) is 12.1 Å². The quantitative estimate of drug-likeness (QED) is 0.779. The highest BCUT2D eigenvalue weighted by Crippen LogP contribution is 2.20. The van der Waals surface area contributed by atoms with E-state index in [9.17, 15) is 4.39 Å². The Balaban J connectivity index is 1.34. The van der Waals surface area contributed by atoms with Crippen molar-refractivity contribution in [1.82, 2.24) is 10.2 Å². The van der Waals surface area contributed by atoms with Gasteiger partial charge in [0.25, 0.3) is 0 Å². The smallest absolute Gasteiger partial charge is 0.146 e. The highest BCUT2D eigenvalue weighted by atomic mass is 19.1. The fourth-order valence-corrected chi connectivity index (χ4v) is 2.97. The summed E-state index contributed by atoms with van der Waals surface area (Å²) in [5.74, 6) is -0.0999. The van der Waals surface area contributed by atoms with Crippen molar-refractivity contribution in [2.24, 2.45) is 0 Å². The minimum atomic E-state index is -0.0999. The van der Waals surface area contributed by atoms with E-state index in [1.165, 1.54) is 38.8 Å². The van der Waals surface area contributed by atoms with Crippen LogP contribution in [0.3, 0.4) is 0 Å². The van der Waals surface area contributed by atoms with Crippen molar-refractivity contribution in [2.75, 3.05) is 44.2 Å². The van der Waals surface area contributed by atoms with Crippen molar-refractivity contribution in [3.05, 3.63) is 30.1 Å². The third-order valence-corrected chi connectivity index (χ3v) is 4.48. The lowest BCUT2D eigenvalue weighted by Crippen LogP contribution is -2.47. The van der Waals surface area contributed by atoms with Gasteiger partial charge in [0.1, 0.15) is 5.82 Å². The van der Waals surface area contributed by atoms with Crippen LogP contribution in [0.2, 0.25) is 0 Å². The first-order valence-corrected chi connectivity index (χ1v) is 8.28. The topological polar surface area (TPSA) is 18.5 Å². The number of para-hydroxylation sites is 1. The highest BCUT2D eigenvalue weighted by molar-refractivity contribution is 5.47. The average molecular weight is 291 g/mol. The molecule has 0 atom stereocenters. The van der Waals surface area contributed by atoms with E-state index in [1.807, 2.05) is 12.1 Å². The van der Waals surface area contributed by atoms with Gasteiger partial charge in [0.05, 0.1) is 5.69 Å². The molecule has 1 N–H and O–H groups in total. The van der Waals surface area contributed by atoms with Gasteiger partial charge in [0.2, 0.25) is 0 Å². The number of nitrogens with one attached hydrogen (secondary N) is 1. The predicted molar refractivity (Wildman–Crippen MR) is 85.3 cm³/mol. The monoisotopic (exact) mass is 291 g/mol. The van der Waals surface area contributed by atoms with E-state index in [0.717, 1.165) is 37.9 Å². The molecule has 0 unspecified atom stereocenters. The minimum absolute atomic E-state index is 0.0999. The molecule has 3 nitrogen and oxygen atoms in total. The van der Waals surface area contributed by atoms with Gasteiger partial charge in [0, 0.05) is 32.2 Å². The number of piperazine rings is 1. The number of rotatable bonds is 7. The first-order valence-electron chi connectivity index (χ1n) is 8.28. The lowest BCUT2D eigenvalue weighted by atomic mass is 10.2. The van der Waals surface area contributed by atoms with Crippen LogP contribution in [0.1, 0.15) is 25.7 Å². The first-order chi connectivity index (χ1) is 10.3. The first kappa shape index (κ1) is 14.8. The molecule has 0 aromatic heterocycles. The standard InChI is InChI=1S/C17H26FN3/c18-16-5-1-2-6-17(16)21-13-11-20(12-14-21)10-4-3-9-19-15-7-8-15/h1-2,5-6,15,19H,3-4,7-14H2. The van der Waals surface area contributed by atoms with E-state index in [-0.39, 0.29) is 5.82 Å². The summed E-state index contributed by atoms with van der Waals surface area (Å²) in [4.78, 5) is 4.68.